The Morgan fingerprint density at radius 2 is 1.85 bits per heavy atom. The number of carbonyl (C=O) groups excluding carboxylic acids is 1. The van der Waals surface area contributed by atoms with Gasteiger partial charge in [0.2, 0.25) is 0 Å². The largest absolute Gasteiger partial charge is 0.497 e. The number of aliphatic hydroxyl groups excluding tert-OH is 1. The van der Waals surface area contributed by atoms with Gasteiger partial charge in [0, 0.05) is 28.5 Å². The highest BCUT2D eigenvalue weighted by molar-refractivity contribution is 5.94. The molecule has 1 aliphatic rings. The number of hydrogen-bond acceptors (Lipinski definition) is 8. The molecular weight excluding hydrogens is 526 g/mol. The maximum absolute atomic E-state index is 14.3. The van der Waals surface area contributed by atoms with Gasteiger partial charge in [0.05, 0.1) is 52.9 Å². The Labute approximate surface area is 237 Å². The SMILES string of the molecule is COC(=O)c1c(OCc2ccccc2)c2c(n(Cc3ccc(OC)cc3OC)c1=O)-c1cnn(CCO)c1CCC2. The molecule has 2 heterocycles. The molecule has 0 atom stereocenters. The van der Waals surface area contributed by atoms with E-state index < -0.39 is 11.5 Å². The van der Waals surface area contributed by atoms with E-state index in [0.29, 0.717) is 36.6 Å². The lowest BCUT2D eigenvalue weighted by Crippen LogP contribution is -2.31. The fourth-order valence-electron chi connectivity index (χ4n) is 5.36. The Morgan fingerprint density at radius 1 is 1.05 bits per heavy atom. The number of benzene rings is 2. The molecule has 5 rings (SSSR count). The lowest BCUT2D eigenvalue weighted by atomic mass is 10.0. The molecule has 0 radical (unpaired) electrons. The molecule has 0 bridgehead atoms. The third kappa shape index (κ3) is 5.43. The number of pyridine rings is 1. The topological polar surface area (TPSA) is 114 Å². The van der Waals surface area contributed by atoms with Gasteiger partial charge >= 0.3 is 5.97 Å². The second-order valence-electron chi connectivity index (χ2n) is 9.67. The molecule has 214 valence electrons. The second-order valence-corrected chi connectivity index (χ2v) is 9.67. The lowest BCUT2D eigenvalue weighted by Gasteiger charge is -2.22. The molecule has 4 aromatic rings. The van der Waals surface area contributed by atoms with Gasteiger partial charge in [-0.15, -0.1) is 0 Å². The minimum absolute atomic E-state index is 0.0659. The Hall–Kier alpha value is -4.57. The maximum Gasteiger partial charge on any atom is 0.347 e. The van der Waals surface area contributed by atoms with Gasteiger partial charge in [-0.1, -0.05) is 30.3 Å². The average molecular weight is 560 g/mol. The number of aromatic nitrogens is 3. The van der Waals surface area contributed by atoms with E-state index in [2.05, 4.69) is 5.10 Å². The van der Waals surface area contributed by atoms with Gasteiger partial charge in [0.15, 0.2) is 5.56 Å². The number of nitrogens with zero attached hydrogens (tertiary/aromatic N) is 3. The molecule has 10 heteroatoms. The maximum atomic E-state index is 14.3. The number of hydrogen-bond donors (Lipinski definition) is 1. The number of carbonyl (C=O) groups is 1. The van der Waals surface area contributed by atoms with Crippen LogP contribution in [0.5, 0.6) is 17.2 Å². The van der Waals surface area contributed by atoms with E-state index in [9.17, 15) is 14.7 Å². The molecule has 0 aliphatic heterocycles. The van der Waals surface area contributed by atoms with Crippen LogP contribution >= 0.6 is 0 Å². The Bertz CT molecular complexity index is 1610. The zero-order chi connectivity index (χ0) is 28.9. The molecule has 0 spiro atoms. The third-order valence-electron chi connectivity index (χ3n) is 7.31. The van der Waals surface area contributed by atoms with E-state index >= 15 is 0 Å². The summed E-state index contributed by atoms with van der Waals surface area (Å²) < 4.78 is 25.7. The minimum atomic E-state index is -0.767. The third-order valence-corrected chi connectivity index (χ3v) is 7.31. The highest BCUT2D eigenvalue weighted by Crippen LogP contribution is 2.39. The molecule has 0 unspecified atom stereocenters. The zero-order valence-electron chi connectivity index (χ0n) is 23.4. The van der Waals surface area contributed by atoms with Crippen LogP contribution in [0.2, 0.25) is 0 Å². The first-order valence-electron chi connectivity index (χ1n) is 13.4. The summed E-state index contributed by atoms with van der Waals surface area (Å²) in [5.74, 6) is 0.612. The van der Waals surface area contributed by atoms with Crippen LogP contribution < -0.4 is 19.8 Å². The molecule has 1 aliphatic carbocycles. The van der Waals surface area contributed by atoms with Crippen LogP contribution in [0, 0.1) is 0 Å². The number of methoxy groups -OCH3 is 3. The van der Waals surface area contributed by atoms with E-state index in [-0.39, 0.29) is 31.1 Å². The van der Waals surface area contributed by atoms with Gasteiger partial charge in [-0.2, -0.15) is 5.10 Å². The number of ether oxygens (including phenoxy) is 4. The van der Waals surface area contributed by atoms with Crippen molar-refractivity contribution in [1.29, 1.82) is 0 Å². The van der Waals surface area contributed by atoms with Crippen molar-refractivity contribution in [3.63, 3.8) is 0 Å². The molecule has 0 saturated heterocycles. The normalized spacial score (nSPS) is 12.2. The fraction of sp³-hybridized carbons (Fsp3) is 0.323. The van der Waals surface area contributed by atoms with Gasteiger partial charge < -0.3 is 28.6 Å². The average Bonchev–Trinajstić information content (AvgIpc) is 3.29. The molecular formula is C31H33N3O7. The van der Waals surface area contributed by atoms with Crippen molar-refractivity contribution in [3.8, 4) is 28.5 Å². The molecule has 10 nitrogen and oxygen atoms in total. The second kappa shape index (κ2) is 12.3. The molecule has 2 aromatic heterocycles. The summed E-state index contributed by atoms with van der Waals surface area (Å²) in [6.07, 6.45) is 3.67. The number of aliphatic hydroxyl groups is 1. The molecule has 2 aromatic carbocycles. The fourth-order valence-corrected chi connectivity index (χ4v) is 5.36. The van der Waals surface area contributed by atoms with Crippen molar-refractivity contribution in [2.45, 2.75) is 39.0 Å². The van der Waals surface area contributed by atoms with Crippen molar-refractivity contribution in [2.24, 2.45) is 0 Å². The summed E-state index contributed by atoms with van der Waals surface area (Å²) >= 11 is 0. The van der Waals surface area contributed by atoms with Crippen LogP contribution in [0.1, 0.15) is 39.2 Å². The lowest BCUT2D eigenvalue weighted by molar-refractivity contribution is 0.0592. The monoisotopic (exact) mass is 559 g/mol. The first-order chi connectivity index (χ1) is 20.0. The van der Waals surface area contributed by atoms with Gasteiger partial charge in [0.1, 0.15) is 23.9 Å². The van der Waals surface area contributed by atoms with Gasteiger partial charge in [-0.25, -0.2) is 4.79 Å². The first kappa shape index (κ1) is 28.0. The number of esters is 1. The van der Waals surface area contributed by atoms with Gasteiger partial charge in [-0.3, -0.25) is 9.48 Å². The minimum Gasteiger partial charge on any atom is -0.497 e. The van der Waals surface area contributed by atoms with Crippen molar-refractivity contribution in [1.82, 2.24) is 14.3 Å². The van der Waals surface area contributed by atoms with E-state index in [1.165, 1.54) is 7.11 Å². The Balaban J connectivity index is 1.77. The van der Waals surface area contributed by atoms with Gasteiger partial charge in [0.25, 0.3) is 5.56 Å². The van der Waals surface area contributed by atoms with Crippen LogP contribution in [0.15, 0.2) is 59.5 Å². The summed E-state index contributed by atoms with van der Waals surface area (Å²) in [6.45, 7) is 0.550. The van der Waals surface area contributed by atoms with Crippen LogP contribution in [-0.2, 0) is 37.3 Å². The standard InChI is InChI=1S/C31H33N3O7/c1-38-22-13-12-21(26(16-22)39-2)18-33-28-23(10-7-11-25-24(28)17-32-34(25)14-15-35)29(27(30(33)36)31(37)40-3)41-19-20-8-5-4-6-9-20/h4-6,8-9,12-13,16-17,35H,7,10-11,14-15,18-19H2,1-3H3. The summed E-state index contributed by atoms with van der Waals surface area (Å²) in [4.78, 5) is 27.5. The predicted octanol–water partition coefficient (Wildman–Crippen LogP) is 3.62. The van der Waals surface area contributed by atoms with Crippen molar-refractivity contribution >= 4 is 5.97 Å². The predicted molar refractivity (Wildman–Crippen MR) is 152 cm³/mol. The van der Waals surface area contributed by atoms with Crippen molar-refractivity contribution in [2.75, 3.05) is 27.9 Å². The van der Waals surface area contributed by atoms with Crippen LogP contribution in [0.3, 0.4) is 0 Å². The van der Waals surface area contributed by atoms with Crippen molar-refractivity contribution in [3.05, 3.63) is 93.0 Å². The summed E-state index contributed by atoms with van der Waals surface area (Å²) in [7, 11) is 4.38. The molecule has 0 amide bonds. The number of rotatable bonds is 10. The smallest absolute Gasteiger partial charge is 0.347 e. The molecule has 1 N–H and O–H groups in total. The zero-order valence-corrected chi connectivity index (χ0v) is 23.4. The Kier molecular flexibility index (Phi) is 8.39. The van der Waals surface area contributed by atoms with Crippen LogP contribution in [0.4, 0.5) is 0 Å². The first-order valence-corrected chi connectivity index (χ1v) is 13.4. The van der Waals surface area contributed by atoms with E-state index in [4.69, 9.17) is 18.9 Å². The van der Waals surface area contributed by atoms with Crippen LogP contribution in [0.25, 0.3) is 11.3 Å². The van der Waals surface area contributed by atoms with E-state index in [1.54, 1.807) is 41.8 Å². The van der Waals surface area contributed by atoms with Crippen LogP contribution in [-0.4, -0.2) is 53.4 Å². The Morgan fingerprint density at radius 3 is 2.56 bits per heavy atom. The quantitative estimate of drug-likeness (QED) is 0.293. The van der Waals surface area contributed by atoms with E-state index in [1.807, 2.05) is 36.4 Å². The molecule has 0 saturated carbocycles. The highest BCUT2D eigenvalue weighted by atomic mass is 16.5. The van der Waals surface area contributed by atoms with Gasteiger partial charge in [-0.05, 0) is 37.0 Å². The highest BCUT2D eigenvalue weighted by Gasteiger charge is 2.32. The van der Waals surface area contributed by atoms with E-state index in [0.717, 1.165) is 34.4 Å². The summed E-state index contributed by atoms with van der Waals surface area (Å²) in [5, 5.41) is 14.2. The molecule has 41 heavy (non-hydrogen) atoms. The number of fused-ring (bicyclic) bond motifs is 3. The van der Waals surface area contributed by atoms with Crippen molar-refractivity contribution < 1.29 is 28.8 Å². The summed E-state index contributed by atoms with van der Waals surface area (Å²) in [5.41, 5.74) is 3.95. The molecule has 0 fully saturated rings. The summed E-state index contributed by atoms with van der Waals surface area (Å²) in [6, 6.07) is 14.9.